The molecule has 0 N–H and O–H groups in total. The van der Waals surface area contributed by atoms with Crippen LogP contribution in [0.3, 0.4) is 0 Å². The molecule has 3 rings (SSSR count). The van der Waals surface area contributed by atoms with Gasteiger partial charge in [-0.2, -0.15) is 0 Å². The van der Waals surface area contributed by atoms with E-state index in [2.05, 4.69) is 9.97 Å². The average molecular weight is 277 g/mol. The molecule has 0 spiro atoms. The van der Waals surface area contributed by atoms with E-state index in [1.165, 1.54) is 12.1 Å². The Hall–Kier alpha value is -3.08. The average Bonchev–Trinajstić information content (AvgIpc) is 2.56. The zero-order valence-electron chi connectivity index (χ0n) is 11.0. The van der Waals surface area contributed by atoms with Gasteiger partial charge < -0.3 is 0 Å². The van der Waals surface area contributed by atoms with Crippen molar-refractivity contribution in [2.45, 2.75) is 0 Å². The first-order valence-corrected chi connectivity index (χ1v) is 6.37. The first-order valence-electron chi connectivity index (χ1n) is 6.37. The summed E-state index contributed by atoms with van der Waals surface area (Å²) in [5.74, 6) is 0.631. The predicted octanol–water partition coefficient (Wildman–Crippen LogP) is 3.72. The second kappa shape index (κ2) is 5.50. The van der Waals surface area contributed by atoms with Crippen molar-refractivity contribution < 1.29 is 4.92 Å². The summed E-state index contributed by atoms with van der Waals surface area (Å²) >= 11 is 0. The highest BCUT2D eigenvalue weighted by atomic mass is 16.6. The van der Waals surface area contributed by atoms with E-state index >= 15 is 0 Å². The van der Waals surface area contributed by atoms with Gasteiger partial charge in [-0.3, -0.25) is 10.1 Å². The van der Waals surface area contributed by atoms with Crippen molar-refractivity contribution in [1.29, 1.82) is 0 Å². The Morgan fingerprint density at radius 1 is 0.857 bits per heavy atom. The van der Waals surface area contributed by atoms with Crippen LogP contribution in [0.5, 0.6) is 0 Å². The quantitative estimate of drug-likeness (QED) is 0.540. The monoisotopic (exact) mass is 277 g/mol. The smallest absolute Gasteiger partial charge is 0.258 e. The largest absolute Gasteiger partial charge is 0.269 e. The van der Waals surface area contributed by atoms with Crippen molar-refractivity contribution in [3.63, 3.8) is 0 Å². The molecule has 5 nitrogen and oxygen atoms in total. The summed E-state index contributed by atoms with van der Waals surface area (Å²) in [4.78, 5) is 19.0. The minimum atomic E-state index is -0.418. The van der Waals surface area contributed by atoms with Gasteiger partial charge in [-0.25, -0.2) is 9.97 Å². The summed E-state index contributed by atoms with van der Waals surface area (Å²) in [6, 6.07) is 17.8. The van der Waals surface area contributed by atoms with E-state index in [1.807, 2.05) is 30.3 Å². The molecular weight excluding hydrogens is 266 g/mol. The highest BCUT2D eigenvalue weighted by Gasteiger charge is 2.07. The summed E-state index contributed by atoms with van der Waals surface area (Å²) < 4.78 is 0. The molecule has 21 heavy (non-hydrogen) atoms. The lowest BCUT2D eigenvalue weighted by atomic mass is 10.1. The Morgan fingerprint density at radius 3 is 2.24 bits per heavy atom. The minimum absolute atomic E-state index is 0.0658. The summed E-state index contributed by atoms with van der Waals surface area (Å²) in [6.07, 6.45) is 1.69. The van der Waals surface area contributed by atoms with Crippen molar-refractivity contribution in [2.24, 2.45) is 0 Å². The Morgan fingerprint density at radius 2 is 1.57 bits per heavy atom. The predicted molar refractivity (Wildman–Crippen MR) is 79.6 cm³/mol. The fourth-order valence-electron chi connectivity index (χ4n) is 2.00. The van der Waals surface area contributed by atoms with Crippen molar-refractivity contribution >= 4 is 5.69 Å². The van der Waals surface area contributed by atoms with E-state index in [-0.39, 0.29) is 5.69 Å². The Bertz CT molecular complexity index is 771. The first-order chi connectivity index (χ1) is 10.2. The molecule has 1 heterocycles. The summed E-state index contributed by atoms with van der Waals surface area (Å²) in [5.41, 5.74) is 2.55. The standard InChI is InChI=1S/C16H11N3O2/c20-19(21)14-8-6-12(7-9-14)15-10-11-17-16(18-15)13-4-2-1-3-5-13/h1-11H. The SMILES string of the molecule is O=[N+]([O-])c1ccc(-c2ccnc(-c3ccccc3)n2)cc1. The van der Waals surface area contributed by atoms with Gasteiger partial charge in [0.05, 0.1) is 10.6 Å². The molecule has 0 radical (unpaired) electrons. The molecule has 0 amide bonds. The van der Waals surface area contributed by atoms with Crippen LogP contribution in [0.15, 0.2) is 66.9 Å². The summed E-state index contributed by atoms with van der Waals surface area (Å²) in [7, 11) is 0. The molecule has 5 heteroatoms. The number of non-ortho nitro benzene ring substituents is 1. The normalized spacial score (nSPS) is 10.3. The molecule has 0 saturated carbocycles. The second-order valence-electron chi connectivity index (χ2n) is 4.44. The Kier molecular flexibility index (Phi) is 3.39. The van der Waals surface area contributed by atoms with Crippen molar-refractivity contribution in [3.05, 3.63) is 77.0 Å². The van der Waals surface area contributed by atoms with Crippen LogP contribution in [0.25, 0.3) is 22.6 Å². The maximum Gasteiger partial charge on any atom is 0.269 e. The molecule has 0 aliphatic carbocycles. The maximum atomic E-state index is 10.7. The van der Waals surface area contributed by atoms with Gasteiger partial charge in [0.2, 0.25) is 0 Å². The number of hydrogen-bond donors (Lipinski definition) is 0. The van der Waals surface area contributed by atoms with Crippen molar-refractivity contribution in [3.8, 4) is 22.6 Å². The van der Waals surface area contributed by atoms with Crippen LogP contribution >= 0.6 is 0 Å². The van der Waals surface area contributed by atoms with Gasteiger partial charge in [0.1, 0.15) is 0 Å². The lowest BCUT2D eigenvalue weighted by Gasteiger charge is -2.04. The van der Waals surface area contributed by atoms with E-state index in [0.29, 0.717) is 5.82 Å². The molecule has 0 bridgehead atoms. The molecule has 0 aliphatic heterocycles. The third-order valence-electron chi connectivity index (χ3n) is 3.06. The van der Waals surface area contributed by atoms with Crippen LogP contribution in [-0.2, 0) is 0 Å². The highest BCUT2D eigenvalue weighted by Crippen LogP contribution is 2.22. The van der Waals surface area contributed by atoms with Gasteiger partial charge in [0.25, 0.3) is 5.69 Å². The molecule has 0 unspecified atom stereocenters. The number of benzene rings is 2. The van der Waals surface area contributed by atoms with Crippen LogP contribution in [-0.4, -0.2) is 14.9 Å². The number of nitrogens with zero attached hydrogens (tertiary/aromatic N) is 3. The van der Waals surface area contributed by atoms with E-state index in [0.717, 1.165) is 16.8 Å². The van der Waals surface area contributed by atoms with Gasteiger partial charge in [-0.1, -0.05) is 30.3 Å². The van der Waals surface area contributed by atoms with Crippen LogP contribution in [0.1, 0.15) is 0 Å². The van der Waals surface area contributed by atoms with E-state index in [4.69, 9.17) is 0 Å². The molecule has 0 aliphatic rings. The van der Waals surface area contributed by atoms with Crippen LogP contribution in [0.4, 0.5) is 5.69 Å². The Balaban J connectivity index is 1.98. The van der Waals surface area contributed by atoms with Gasteiger partial charge in [-0.15, -0.1) is 0 Å². The van der Waals surface area contributed by atoms with Crippen LogP contribution in [0.2, 0.25) is 0 Å². The second-order valence-corrected chi connectivity index (χ2v) is 4.44. The number of nitro benzene ring substituents is 1. The summed E-state index contributed by atoms with van der Waals surface area (Å²) in [5, 5.41) is 10.7. The highest BCUT2D eigenvalue weighted by molar-refractivity contribution is 5.64. The summed E-state index contributed by atoms with van der Waals surface area (Å²) in [6.45, 7) is 0. The van der Waals surface area contributed by atoms with Crippen LogP contribution in [0, 0.1) is 10.1 Å². The zero-order chi connectivity index (χ0) is 14.7. The molecule has 0 fully saturated rings. The molecule has 102 valence electrons. The topological polar surface area (TPSA) is 68.9 Å². The van der Waals surface area contributed by atoms with E-state index < -0.39 is 4.92 Å². The fourth-order valence-corrected chi connectivity index (χ4v) is 2.00. The molecule has 0 atom stereocenters. The molecule has 0 saturated heterocycles. The molecular formula is C16H11N3O2. The zero-order valence-corrected chi connectivity index (χ0v) is 11.0. The Labute approximate surface area is 121 Å². The number of nitro groups is 1. The van der Waals surface area contributed by atoms with Crippen molar-refractivity contribution in [1.82, 2.24) is 9.97 Å². The van der Waals surface area contributed by atoms with Gasteiger partial charge in [0.15, 0.2) is 5.82 Å². The van der Waals surface area contributed by atoms with Gasteiger partial charge in [0, 0.05) is 29.5 Å². The van der Waals surface area contributed by atoms with Gasteiger partial charge in [-0.05, 0) is 18.2 Å². The fraction of sp³-hybridized carbons (Fsp3) is 0. The lowest BCUT2D eigenvalue weighted by Crippen LogP contribution is -1.92. The van der Waals surface area contributed by atoms with E-state index in [9.17, 15) is 10.1 Å². The number of hydrogen-bond acceptors (Lipinski definition) is 4. The van der Waals surface area contributed by atoms with Crippen molar-refractivity contribution in [2.75, 3.05) is 0 Å². The third kappa shape index (κ3) is 2.76. The third-order valence-corrected chi connectivity index (χ3v) is 3.06. The van der Waals surface area contributed by atoms with Crippen LogP contribution < -0.4 is 0 Å². The first kappa shape index (κ1) is 12.9. The van der Waals surface area contributed by atoms with Gasteiger partial charge >= 0.3 is 0 Å². The molecule has 2 aromatic carbocycles. The lowest BCUT2D eigenvalue weighted by molar-refractivity contribution is -0.384. The molecule has 1 aromatic heterocycles. The maximum absolute atomic E-state index is 10.7. The minimum Gasteiger partial charge on any atom is -0.258 e. The number of rotatable bonds is 3. The number of aromatic nitrogens is 2. The molecule has 3 aromatic rings. The van der Waals surface area contributed by atoms with E-state index in [1.54, 1.807) is 24.4 Å².